The Hall–Kier alpha value is -2.27. The fourth-order valence-electron chi connectivity index (χ4n) is 2.54. The molecule has 0 aliphatic rings. The van der Waals surface area contributed by atoms with Crippen molar-refractivity contribution in [1.29, 1.82) is 0 Å². The number of halogens is 2. The first-order valence-corrected chi connectivity index (χ1v) is 8.69. The zero-order valence-electron chi connectivity index (χ0n) is 15.5. The molecular formula is C20H23ClFNO3. The Bertz CT molecular complexity index is 777. The monoisotopic (exact) mass is 379 g/mol. The summed E-state index contributed by atoms with van der Waals surface area (Å²) in [5.41, 5.74) is 1.22. The summed E-state index contributed by atoms with van der Waals surface area (Å²) in [6, 6.07) is 9.02. The van der Waals surface area contributed by atoms with Gasteiger partial charge in [0.2, 0.25) is 0 Å². The van der Waals surface area contributed by atoms with Crippen molar-refractivity contribution < 1.29 is 18.7 Å². The molecule has 0 N–H and O–H groups in total. The van der Waals surface area contributed by atoms with E-state index >= 15 is 0 Å². The molecule has 0 aliphatic carbocycles. The lowest BCUT2D eigenvalue weighted by Crippen LogP contribution is -2.29. The molecule has 0 bridgehead atoms. The fourth-order valence-corrected chi connectivity index (χ4v) is 2.79. The molecule has 1 unspecified atom stereocenters. The summed E-state index contributed by atoms with van der Waals surface area (Å²) in [7, 11) is 3.19. The maximum Gasteiger partial charge on any atom is 0.254 e. The molecule has 0 saturated heterocycles. The van der Waals surface area contributed by atoms with Gasteiger partial charge in [-0.25, -0.2) is 4.39 Å². The van der Waals surface area contributed by atoms with Crippen LogP contribution in [0.25, 0.3) is 0 Å². The zero-order chi connectivity index (χ0) is 19.4. The van der Waals surface area contributed by atoms with Crippen molar-refractivity contribution in [3.63, 3.8) is 0 Å². The second-order valence-corrected chi connectivity index (χ2v) is 6.71. The number of nitrogens with zero attached hydrogens (tertiary/aromatic N) is 1. The van der Waals surface area contributed by atoms with Crippen LogP contribution in [0.3, 0.4) is 0 Å². The third kappa shape index (κ3) is 4.47. The van der Waals surface area contributed by atoms with Crippen LogP contribution < -0.4 is 9.47 Å². The summed E-state index contributed by atoms with van der Waals surface area (Å²) < 4.78 is 24.1. The molecule has 26 heavy (non-hydrogen) atoms. The van der Waals surface area contributed by atoms with E-state index in [1.165, 1.54) is 19.2 Å². The molecule has 0 aromatic heterocycles. The van der Waals surface area contributed by atoms with E-state index in [2.05, 4.69) is 0 Å². The van der Waals surface area contributed by atoms with E-state index in [0.717, 1.165) is 5.56 Å². The van der Waals surface area contributed by atoms with Crippen LogP contribution in [-0.4, -0.2) is 31.1 Å². The van der Waals surface area contributed by atoms with Gasteiger partial charge < -0.3 is 14.4 Å². The topological polar surface area (TPSA) is 38.8 Å². The number of carbonyl (C=O) groups excluding carboxylic acids is 1. The Balaban J connectivity index is 2.30. The van der Waals surface area contributed by atoms with Crippen LogP contribution in [0.2, 0.25) is 5.02 Å². The Kier molecular flexibility index (Phi) is 6.48. The summed E-state index contributed by atoms with van der Waals surface area (Å²) >= 11 is 6.30. The smallest absolute Gasteiger partial charge is 0.254 e. The van der Waals surface area contributed by atoms with E-state index in [0.29, 0.717) is 22.1 Å². The SMILES string of the molecule is COc1cc(C(=O)N(C)C(C)c2ccc(F)cc2)cc(Cl)c1OC(C)C. The van der Waals surface area contributed by atoms with Gasteiger partial charge in [-0.15, -0.1) is 0 Å². The standard InChI is InChI=1S/C20H23ClFNO3/c1-12(2)26-19-17(21)10-15(11-18(19)25-5)20(24)23(4)13(3)14-6-8-16(22)9-7-14/h6-13H,1-5H3. The van der Waals surface area contributed by atoms with Gasteiger partial charge in [0.15, 0.2) is 11.5 Å². The van der Waals surface area contributed by atoms with Crippen LogP contribution >= 0.6 is 11.6 Å². The van der Waals surface area contributed by atoms with Crippen molar-refractivity contribution in [2.75, 3.05) is 14.2 Å². The zero-order valence-corrected chi connectivity index (χ0v) is 16.3. The number of benzene rings is 2. The van der Waals surface area contributed by atoms with E-state index in [-0.39, 0.29) is 23.9 Å². The van der Waals surface area contributed by atoms with Crippen molar-refractivity contribution in [2.45, 2.75) is 32.9 Å². The first-order valence-electron chi connectivity index (χ1n) is 8.31. The maximum atomic E-state index is 13.1. The van der Waals surface area contributed by atoms with Crippen molar-refractivity contribution in [2.24, 2.45) is 0 Å². The number of hydrogen-bond acceptors (Lipinski definition) is 3. The van der Waals surface area contributed by atoms with Crippen LogP contribution in [0.15, 0.2) is 36.4 Å². The number of carbonyl (C=O) groups is 1. The molecule has 1 atom stereocenters. The van der Waals surface area contributed by atoms with Gasteiger partial charge in [-0.3, -0.25) is 4.79 Å². The molecule has 0 aliphatic heterocycles. The minimum absolute atomic E-state index is 0.0795. The molecule has 2 aromatic carbocycles. The third-order valence-electron chi connectivity index (χ3n) is 4.08. The minimum atomic E-state index is -0.313. The summed E-state index contributed by atoms with van der Waals surface area (Å²) in [6.45, 7) is 5.64. The highest BCUT2D eigenvalue weighted by molar-refractivity contribution is 6.32. The van der Waals surface area contributed by atoms with Crippen LogP contribution in [0.5, 0.6) is 11.5 Å². The van der Waals surface area contributed by atoms with Crippen LogP contribution in [0, 0.1) is 5.82 Å². The van der Waals surface area contributed by atoms with Gasteiger partial charge in [0, 0.05) is 12.6 Å². The van der Waals surface area contributed by atoms with Crippen molar-refractivity contribution >= 4 is 17.5 Å². The van der Waals surface area contributed by atoms with Crippen LogP contribution in [0.1, 0.15) is 42.7 Å². The lowest BCUT2D eigenvalue weighted by Gasteiger charge is -2.26. The molecule has 0 heterocycles. The normalized spacial score (nSPS) is 12.0. The van der Waals surface area contributed by atoms with E-state index in [9.17, 15) is 9.18 Å². The maximum absolute atomic E-state index is 13.1. The minimum Gasteiger partial charge on any atom is -0.493 e. The van der Waals surface area contributed by atoms with Crippen molar-refractivity contribution in [3.05, 3.63) is 58.4 Å². The summed E-state index contributed by atoms with van der Waals surface area (Å²) in [6.07, 6.45) is -0.0795. The average Bonchev–Trinajstić information content (AvgIpc) is 2.61. The molecule has 0 fully saturated rings. The molecule has 0 saturated carbocycles. The number of amides is 1. The second kappa shape index (κ2) is 8.41. The van der Waals surface area contributed by atoms with Crippen molar-refractivity contribution in [1.82, 2.24) is 4.90 Å². The highest BCUT2D eigenvalue weighted by Crippen LogP contribution is 2.37. The Morgan fingerprint density at radius 2 is 1.77 bits per heavy atom. The first kappa shape index (κ1) is 20.0. The molecule has 0 radical (unpaired) electrons. The molecular weight excluding hydrogens is 357 g/mol. The Labute approximate surface area is 158 Å². The van der Waals surface area contributed by atoms with Gasteiger partial charge in [0.05, 0.1) is 24.3 Å². The van der Waals surface area contributed by atoms with Crippen LogP contribution in [-0.2, 0) is 0 Å². The molecule has 6 heteroatoms. The van der Waals surface area contributed by atoms with Gasteiger partial charge in [0.1, 0.15) is 5.82 Å². The molecule has 2 aromatic rings. The third-order valence-corrected chi connectivity index (χ3v) is 4.36. The van der Waals surface area contributed by atoms with Gasteiger partial charge in [-0.05, 0) is 50.6 Å². The summed E-state index contributed by atoms with van der Waals surface area (Å²) in [5, 5.41) is 0.309. The molecule has 4 nitrogen and oxygen atoms in total. The fraction of sp³-hybridized carbons (Fsp3) is 0.350. The number of hydrogen-bond donors (Lipinski definition) is 0. The predicted octanol–water partition coefficient (Wildman–Crippen LogP) is 5.11. The predicted molar refractivity (Wildman–Crippen MR) is 101 cm³/mol. The lowest BCUT2D eigenvalue weighted by atomic mass is 10.1. The van der Waals surface area contributed by atoms with E-state index in [4.69, 9.17) is 21.1 Å². The van der Waals surface area contributed by atoms with Gasteiger partial charge in [-0.1, -0.05) is 23.7 Å². The summed E-state index contributed by atoms with van der Waals surface area (Å²) in [5.74, 6) is 0.276. The van der Waals surface area contributed by atoms with Gasteiger partial charge in [0.25, 0.3) is 5.91 Å². The van der Waals surface area contributed by atoms with Crippen molar-refractivity contribution in [3.8, 4) is 11.5 Å². The average molecular weight is 380 g/mol. The lowest BCUT2D eigenvalue weighted by molar-refractivity contribution is 0.0742. The molecule has 0 spiro atoms. The summed E-state index contributed by atoms with van der Waals surface area (Å²) in [4.78, 5) is 14.4. The number of rotatable bonds is 6. The van der Waals surface area contributed by atoms with E-state index < -0.39 is 0 Å². The quantitative estimate of drug-likeness (QED) is 0.700. The van der Waals surface area contributed by atoms with E-state index in [1.54, 1.807) is 36.2 Å². The number of methoxy groups -OCH3 is 1. The molecule has 140 valence electrons. The van der Waals surface area contributed by atoms with E-state index in [1.807, 2.05) is 20.8 Å². The second-order valence-electron chi connectivity index (χ2n) is 6.30. The molecule has 2 rings (SSSR count). The first-order chi connectivity index (χ1) is 12.2. The van der Waals surface area contributed by atoms with Gasteiger partial charge in [-0.2, -0.15) is 0 Å². The Morgan fingerprint density at radius 1 is 1.15 bits per heavy atom. The van der Waals surface area contributed by atoms with Gasteiger partial charge >= 0.3 is 0 Å². The largest absolute Gasteiger partial charge is 0.493 e. The Morgan fingerprint density at radius 3 is 2.31 bits per heavy atom. The van der Waals surface area contributed by atoms with Crippen LogP contribution in [0.4, 0.5) is 4.39 Å². The molecule has 1 amide bonds. The highest BCUT2D eigenvalue weighted by atomic mass is 35.5. The number of ether oxygens (including phenoxy) is 2. The highest BCUT2D eigenvalue weighted by Gasteiger charge is 2.22.